The zero-order valence-corrected chi connectivity index (χ0v) is 10.5. The first-order valence-electron chi connectivity index (χ1n) is 5.79. The van der Waals surface area contributed by atoms with Gasteiger partial charge in [0, 0.05) is 6.54 Å². The highest BCUT2D eigenvalue weighted by molar-refractivity contribution is 7.90. The van der Waals surface area contributed by atoms with Crippen molar-refractivity contribution >= 4 is 16.0 Å². The molecule has 0 aromatic rings. The maximum atomic E-state index is 12.2. The zero-order valence-electron chi connectivity index (χ0n) is 9.70. The molecule has 98 valence electrons. The van der Waals surface area contributed by atoms with Crippen LogP contribution in [0.3, 0.4) is 0 Å². The van der Waals surface area contributed by atoms with Crippen molar-refractivity contribution in [1.29, 1.82) is 0 Å². The number of ether oxygens (including phenoxy) is 1. The first-order valence-corrected chi connectivity index (χ1v) is 7.30. The van der Waals surface area contributed by atoms with Gasteiger partial charge in [-0.05, 0) is 26.2 Å². The van der Waals surface area contributed by atoms with E-state index in [0.717, 1.165) is 19.3 Å². The third-order valence-corrected chi connectivity index (χ3v) is 5.75. The topological polar surface area (TPSA) is 83.9 Å². The van der Waals surface area contributed by atoms with Crippen LogP contribution in [-0.2, 0) is 19.6 Å². The van der Waals surface area contributed by atoms with Crippen LogP contribution in [0.1, 0.15) is 26.2 Å². The van der Waals surface area contributed by atoms with Gasteiger partial charge >= 0.3 is 5.97 Å². The molecule has 3 atom stereocenters. The highest BCUT2D eigenvalue weighted by Crippen LogP contribution is 2.32. The molecule has 0 bridgehead atoms. The lowest BCUT2D eigenvalue weighted by molar-refractivity contribution is -0.136. The molecule has 1 heterocycles. The first-order chi connectivity index (χ1) is 7.94. The lowest BCUT2D eigenvalue weighted by Crippen LogP contribution is -2.54. The van der Waals surface area contributed by atoms with Gasteiger partial charge in [0.15, 0.2) is 5.25 Å². The van der Waals surface area contributed by atoms with Gasteiger partial charge in [0.2, 0.25) is 10.0 Å². The van der Waals surface area contributed by atoms with Crippen molar-refractivity contribution in [3.8, 4) is 0 Å². The lowest BCUT2D eigenvalue weighted by atomic mass is 10.2. The Kier molecular flexibility index (Phi) is 3.42. The Morgan fingerprint density at radius 1 is 1.47 bits per heavy atom. The fraction of sp³-hybridized carbons (Fsp3) is 0.900. The van der Waals surface area contributed by atoms with E-state index in [2.05, 4.69) is 0 Å². The molecule has 17 heavy (non-hydrogen) atoms. The van der Waals surface area contributed by atoms with E-state index >= 15 is 0 Å². The Labute approximate surface area is 101 Å². The summed E-state index contributed by atoms with van der Waals surface area (Å²) in [6, 6.07) is -0.171. The van der Waals surface area contributed by atoms with Crippen LogP contribution < -0.4 is 0 Å². The van der Waals surface area contributed by atoms with Gasteiger partial charge in [-0.3, -0.25) is 4.79 Å². The third kappa shape index (κ3) is 2.19. The number of morpholine rings is 1. The van der Waals surface area contributed by atoms with Crippen molar-refractivity contribution in [3.63, 3.8) is 0 Å². The average Bonchev–Trinajstić information content (AvgIpc) is 2.75. The maximum Gasteiger partial charge on any atom is 0.323 e. The number of nitrogens with zero attached hydrogens (tertiary/aromatic N) is 1. The summed E-state index contributed by atoms with van der Waals surface area (Å²) < 4.78 is 31.2. The molecule has 0 aromatic carbocycles. The second-order valence-electron chi connectivity index (χ2n) is 4.54. The largest absolute Gasteiger partial charge is 0.480 e. The number of sulfonamides is 1. The Hall–Kier alpha value is -0.660. The summed E-state index contributed by atoms with van der Waals surface area (Å²) in [5, 5.41) is 7.46. The van der Waals surface area contributed by atoms with E-state index in [1.807, 2.05) is 0 Å². The van der Waals surface area contributed by atoms with E-state index in [1.54, 1.807) is 0 Å². The summed E-state index contributed by atoms with van der Waals surface area (Å²) in [4.78, 5) is 10.8. The summed E-state index contributed by atoms with van der Waals surface area (Å²) in [7, 11) is -3.76. The van der Waals surface area contributed by atoms with Crippen molar-refractivity contribution < 1.29 is 23.1 Å². The summed E-state index contributed by atoms with van der Waals surface area (Å²) in [5.74, 6) is -1.30. The number of carboxylic acids is 1. The maximum absolute atomic E-state index is 12.2. The fourth-order valence-electron chi connectivity index (χ4n) is 2.54. The Balaban J connectivity index is 2.23. The normalized spacial score (nSPS) is 32.1. The van der Waals surface area contributed by atoms with E-state index in [4.69, 9.17) is 9.84 Å². The molecular weight excluding hydrogens is 246 g/mol. The lowest BCUT2D eigenvalue weighted by Gasteiger charge is -2.37. The number of hydrogen-bond acceptors (Lipinski definition) is 4. The minimum atomic E-state index is -3.76. The number of carboxylic acid groups (broad SMARTS) is 1. The molecule has 1 aliphatic carbocycles. The average molecular weight is 263 g/mol. The van der Waals surface area contributed by atoms with Crippen molar-refractivity contribution in [2.75, 3.05) is 13.2 Å². The highest BCUT2D eigenvalue weighted by atomic mass is 32.2. The van der Waals surface area contributed by atoms with Crippen LogP contribution in [0.4, 0.5) is 0 Å². The van der Waals surface area contributed by atoms with Crippen LogP contribution in [0.5, 0.6) is 0 Å². The predicted molar refractivity (Wildman–Crippen MR) is 60.1 cm³/mol. The van der Waals surface area contributed by atoms with E-state index in [9.17, 15) is 13.2 Å². The van der Waals surface area contributed by atoms with Crippen LogP contribution >= 0.6 is 0 Å². The molecule has 2 rings (SSSR count). The Morgan fingerprint density at radius 3 is 2.82 bits per heavy atom. The molecule has 1 aliphatic heterocycles. The SMILES string of the molecule is CC(C(=O)O)S(=O)(=O)N1CCOC2CCCC21. The molecule has 1 saturated heterocycles. The molecule has 1 N–H and O–H groups in total. The molecule has 7 heteroatoms. The van der Waals surface area contributed by atoms with Gasteiger partial charge in [-0.15, -0.1) is 0 Å². The van der Waals surface area contributed by atoms with Gasteiger partial charge in [-0.25, -0.2) is 8.42 Å². The van der Waals surface area contributed by atoms with Crippen LogP contribution in [0.15, 0.2) is 0 Å². The van der Waals surface area contributed by atoms with Crippen LogP contribution in [-0.4, -0.2) is 54.3 Å². The quantitative estimate of drug-likeness (QED) is 0.777. The van der Waals surface area contributed by atoms with E-state index in [1.165, 1.54) is 11.2 Å². The van der Waals surface area contributed by atoms with E-state index in [0.29, 0.717) is 6.61 Å². The number of rotatable bonds is 3. The Bertz CT molecular complexity index is 407. The zero-order chi connectivity index (χ0) is 12.6. The molecule has 0 spiro atoms. The van der Waals surface area contributed by atoms with Gasteiger partial charge in [-0.2, -0.15) is 4.31 Å². The Morgan fingerprint density at radius 2 is 2.18 bits per heavy atom. The highest BCUT2D eigenvalue weighted by Gasteiger charge is 2.45. The second-order valence-corrected chi connectivity index (χ2v) is 6.75. The minimum absolute atomic E-state index is 0.0560. The van der Waals surface area contributed by atoms with Crippen molar-refractivity contribution in [2.45, 2.75) is 43.6 Å². The number of hydrogen-bond donors (Lipinski definition) is 1. The van der Waals surface area contributed by atoms with Gasteiger partial charge in [0.05, 0.1) is 18.8 Å². The fourth-order valence-corrected chi connectivity index (χ4v) is 4.15. The van der Waals surface area contributed by atoms with Crippen molar-refractivity contribution in [2.24, 2.45) is 0 Å². The summed E-state index contributed by atoms with van der Waals surface area (Å²) in [6.07, 6.45) is 2.50. The smallest absolute Gasteiger partial charge is 0.323 e. The summed E-state index contributed by atoms with van der Waals surface area (Å²) in [5.41, 5.74) is 0. The number of carbonyl (C=O) groups is 1. The third-order valence-electron chi connectivity index (χ3n) is 3.55. The van der Waals surface area contributed by atoms with Crippen LogP contribution in [0.2, 0.25) is 0 Å². The molecule has 0 radical (unpaired) electrons. The van der Waals surface area contributed by atoms with E-state index in [-0.39, 0.29) is 18.7 Å². The molecular formula is C10H17NO5S. The second kappa shape index (κ2) is 4.55. The summed E-state index contributed by atoms with van der Waals surface area (Å²) >= 11 is 0. The molecule has 2 fully saturated rings. The van der Waals surface area contributed by atoms with Gasteiger partial charge < -0.3 is 9.84 Å². The monoisotopic (exact) mass is 263 g/mol. The van der Waals surface area contributed by atoms with Crippen LogP contribution in [0, 0.1) is 0 Å². The molecule has 2 aliphatic rings. The molecule has 0 amide bonds. The molecule has 6 nitrogen and oxygen atoms in total. The molecule has 1 saturated carbocycles. The van der Waals surface area contributed by atoms with Gasteiger partial charge in [-0.1, -0.05) is 0 Å². The number of aliphatic carboxylic acids is 1. The first kappa shape index (κ1) is 12.8. The van der Waals surface area contributed by atoms with E-state index < -0.39 is 21.2 Å². The standard InChI is InChI=1S/C10H17NO5S/c1-7(10(12)13)17(14,15)11-5-6-16-9-4-2-3-8(9)11/h7-9H,2-6H2,1H3,(H,12,13). The van der Waals surface area contributed by atoms with Crippen molar-refractivity contribution in [1.82, 2.24) is 4.31 Å². The van der Waals surface area contributed by atoms with Gasteiger partial charge in [0.1, 0.15) is 0 Å². The van der Waals surface area contributed by atoms with Crippen molar-refractivity contribution in [3.05, 3.63) is 0 Å². The molecule has 0 aromatic heterocycles. The summed E-state index contributed by atoms with van der Waals surface area (Å²) in [6.45, 7) is 1.84. The predicted octanol–water partition coefficient (Wildman–Crippen LogP) is 0.0426. The minimum Gasteiger partial charge on any atom is -0.480 e. The van der Waals surface area contributed by atoms with Gasteiger partial charge in [0.25, 0.3) is 0 Å². The molecule has 3 unspecified atom stereocenters. The van der Waals surface area contributed by atoms with Crippen LogP contribution in [0.25, 0.3) is 0 Å². The number of fused-ring (bicyclic) bond motifs is 1.